The highest BCUT2D eigenvalue weighted by Crippen LogP contribution is 2.20. The van der Waals surface area contributed by atoms with Crippen LogP contribution in [-0.4, -0.2) is 32.2 Å². The fraction of sp³-hybridized carbons (Fsp3) is 0.400. The zero-order valence-corrected chi connectivity index (χ0v) is 11.8. The summed E-state index contributed by atoms with van der Waals surface area (Å²) in [5.74, 6) is 1.15. The number of hydrogen-bond donors (Lipinski definition) is 0. The summed E-state index contributed by atoms with van der Waals surface area (Å²) in [6.45, 7) is 2.88. The van der Waals surface area contributed by atoms with Crippen molar-refractivity contribution in [3.63, 3.8) is 0 Å². The molecule has 0 bridgehead atoms. The number of aryl methyl sites for hydroxylation is 1. The minimum atomic E-state index is 0.221. The van der Waals surface area contributed by atoms with Crippen molar-refractivity contribution in [1.82, 2.24) is 19.5 Å². The van der Waals surface area contributed by atoms with Gasteiger partial charge in [0.15, 0.2) is 5.82 Å². The summed E-state index contributed by atoms with van der Waals surface area (Å²) >= 11 is 0. The summed E-state index contributed by atoms with van der Waals surface area (Å²) < 4.78 is 12.9. The molecule has 0 aliphatic carbocycles. The van der Waals surface area contributed by atoms with E-state index in [9.17, 15) is 0 Å². The zero-order valence-electron chi connectivity index (χ0n) is 11.8. The molecule has 108 valence electrons. The maximum absolute atomic E-state index is 5.59. The Bertz CT molecular complexity index is 771. The number of fused-ring (bicyclic) bond motifs is 1. The van der Waals surface area contributed by atoms with E-state index in [2.05, 4.69) is 15.1 Å². The second kappa shape index (κ2) is 4.96. The van der Waals surface area contributed by atoms with Crippen LogP contribution < -0.4 is 0 Å². The Labute approximate surface area is 121 Å². The molecule has 0 amide bonds. The summed E-state index contributed by atoms with van der Waals surface area (Å²) in [6, 6.07) is 4.06. The Morgan fingerprint density at radius 3 is 3.19 bits per heavy atom. The Hall–Kier alpha value is -2.21. The first kappa shape index (κ1) is 12.5. The highest BCUT2D eigenvalue weighted by molar-refractivity contribution is 5.54. The van der Waals surface area contributed by atoms with E-state index >= 15 is 0 Å². The van der Waals surface area contributed by atoms with E-state index in [0.29, 0.717) is 23.8 Å². The summed E-state index contributed by atoms with van der Waals surface area (Å²) in [7, 11) is 0. The van der Waals surface area contributed by atoms with Crippen LogP contribution in [0.3, 0.4) is 0 Å². The summed E-state index contributed by atoms with van der Waals surface area (Å²) in [6.07, 6.45) is 6.98. The largest absolute Gasteiger partial charge is 0.378 e. The average Bonchev–Trinajstić information content (AvgIpc) is 3.18. The molecule has 1 saturated heterocycles. The van der Waals surface area contributed by atoms with Crippen molar-refractivity contribution in [1.29, 1.82) is 0 Å². The first-order chi connectivity index (χ1) is 10.3. The number of rotatable bonds is 3. The van der Waals surface area contributed by atoms with Gasteiger partial charge >= 0.3 is 0 Å². The van der Waals surface area contributed by atoms with Crippen molar-refractivity contribution >= 4 is 5.65 Å². The van der Waals surface area contributed by atoms with E-state index in [-0.39, 0.29) is 6.10 Å². The molecule has 3 aromatic heterocycles. The third kappa shape index (κ3) is 2.42. The minimum Gasteiger partial charge on any atom is -0.378 e. The van der Waals surface area contributed by atoms with Gasteiger partial charge < -0.3 is 13.7 Å². The SMILES string of the molecule is Cc1ccn2cc(-c3nc(C[C@H]4CCCO4)no3)nc2c1. The molecule has 0 aromatic carbocycles. The fourth-order valence-corrected chi connectivity index (χ4v) is 2.64. The molecule has 6 heteroatoms. The number of aromatic nitrogens is 4. The lowest BCUT2D eigenvalue weighted by Crippen LogP contribution is -2.09. The molecule has 3 aromatic rings. The molecular weight excluding hydrogens is 268 g/mol. The first-order valence-corrected chi connectivity index (χ1v) is 7.18. The minimum absolute atomic E-state index is 0.221. The topological polar surface area (TPSA) is 65.5 Å². The second-order valence-corrected chi connectivity index (χ2v) is 5.45. The lowest BCUT2D eigenvalue weighted by molar-refractivity contribution is 0.109. The zero-order chi connectivity index (χ0) is 14.2. The molecule has 0 radical (unpaired) electrons. The summed E-state index contributed by atoms with van der Waals surface area (Å²) in [4.78, 5) is 8.95. The Morgan fingerprint density at radius 2 is 2.33 bits per heavy atom. The normalized spacial score (nSPS) is 18.6. The van der Waals surface area contributed by atoms with E-state index in [1.165, 1.54) is 5.56 Å². The summed E-state index contributed by atoms with van der Waals surface area (Å²) in [5.41, 5.74) is 2.75. The van der Waals surface area contributed by atoms with E-state index in [4.69, 9.17) is 9.26 Å². The lowest BCUT2D eigenvalue weighted by atomic mass is 10.2. The Morgan fingerprint density at radius 1 is 1.38 bits per heavy atom. The van der Waals surface area contributed by atoms with Gasteiger partial charge in [-0.25, -0.2) is 4.98 Å². The predicted octanol–water partition coefficient (Wildman–Crippen LogP) is 2.41. The van der Waals surface area contributed by atoms with Crippen LogP contribution in [-0.2, 0) is 11.2 Å². The number of pyridine rings is 1. The number of nitrogens with zero attached hydrogens (tertiary/aromatic N) is 4. The van der Waals surface area contributed by atoms with Gasteiger partial charge in [0.1, 0.15) is 11.3 Å². The fourth-order valence-electron chi connectivity index (χ4n) is 2.64. The third-order valence-electron chi connectivity index (χ3n) is 3.74. The van der Waals surface area contributed by atoms with Crippen LogP contribution in [0, 0.1) is 6.92 Å². The van der Waals surface area contributed by atoms with Crippen molar-refractivity contribution in [2.24, 2.45) is 0 Å². The predicted molar refractivity (Wildman–Crippen MR) is 75.9 cm³/mol. The maximum atomic E-state index is 5.59. The molecule has 4 heterocycles. The first-order valence-electron chi connectivity index (χ1n) is 7.18. The molecule has 1 fully saturated rings. The van der Waals surface area contributed by atoms with Gasteiger partial charge in [0.2, 0.25) is 0 Å². The van der Waals surface area contributed by atoms with E-state index in [1.54, 1.807) is 0 Å². The van der Waals surface area contributed by atoms with Crippen LogP contribution >= 0.6 is 0 Å². The van der Waals surface area contributed by atoms with Gasteiger partial charge in [-0.1, -0.05) is 5.16 Å². The Balaban J connectivity index is 1.61. The van der Waals surface area contributed by atoms with Crippen LogP contribution in [0.1, 0.15) is 24.2 Å². The standard InChI is InChI=1S/C15H16N4O2/c1-10-4-5-19-9-12(16-14(19)7-10)15-17-13(18-21-15)8-11-3-2-6-20-11/h4-5,7,9,11H,2-3,6,8H2,1H3/t11-/m1/s1. The van der Waals surface area contributed by atoms with Crippen LogP contribution in [0.25, 0.3) is 17.2 Å². The van der Waals surface area contributed by atoms with E-state index in [0.717, 1.165) is 25.1 Å². The molecule has 4 rings (SSSR count). The van der Waals surface area contributed by atoms with Gasteiger partial charge in [0.25, 0.3) is 5.89 Å². The number of hydrogen-bond acceptors (Lipinski definition) is 5. The molecule has 0 spiro atoms. The van der Waals surface area contributed by atoms with E-state index < -0.39 is 0 Å². The molecule has 6 nitrogen and oxygen atoms in total. The van der Waals surface area contributed by atoms with Crippen molar-refractivity contribution in [3.8, 4) is 11.6 Å². The van der Waals surface area contributed by atoms with Gasteiger partial charge in [-0.2, -0.15) is 4.98 Å². The highest BCUT2D eigenvalue weighted by Gasteiger charge is 2.20. The average molecular weight is 284 g/mol. The molecule has 0 saturated carbocycles. The molecule has 1 aliphatic heterocycles. The van der Waals surface area contributed by atoms with Gasteiger partial charge in [0, 0.05) is 25.4 Å². The van der Waals surface area contributed by atoms with Gasteiger partial charge in [-0.05, 0) is 37.5 Å². The van der Waals surface area contributed by atoms with E-state index in [1.807, 2.05) is 35.9 Å². The van der Waals surface area contributed by atoms with Crippen LogP contribution in [0.15, 0.2) is 29.0 Å². The summed E-state index contributed by atoms with van der Waals surface area (Å²) in [5, 5.41) is 4.03. The van der Waals surface area contributed by atoms with Crippen molar-refractivity contribution in [2.45, 2.75) is 32.3 Å². The van der Waals surface area contributed by atoms with Gasteiger partial charge in [-0.3, -0.25) is 0 Å². The third-order valence-corrected chi connectivity index (χ3v) is 3.74. The second-order valence-electron chi connectivity index (χ2n) is 5.45. The number of imidazole rings is 1. The van der Waals surface area contributed by atoms with Crippen molar-refractivity contribution in [2.75, 3.05) is 6.61 Å². The molecule has 21 heavy (non-hydrogen) atoms. The Kier molecular flexibility index (Phi) is 2.96. The number of ether oxygens (including phenoxy) is 1. The van der Waals surface area contributed by atoms with Crippen LogP contribution in [0.5, 0.6) is 0 Å². The molecule has 0 N–H and O–H groups in total. The molecule has 0 unspecified atom stereocenters. The monoisotopic (exact) mass is 284 g/mol. The molecule has 1 atom stereocenters. The van der Waals surface area contributed by atoms with Gasteiger partial charge in [0.05, 0.1) is 6.10 Å². The molecule has 1 aliphatic rings. The quantitative estimate of drug-likeness (QED) is 0.739. The lowest BCUT2D eigenvalue weighted by Gasteiger charge is -2.03. The van der Waals surface area contributed by atoms with Crippen molar-refractivity contribution in [3.05, 3.63) is 35.9 Å². The van der Waals surface area contributed by atoms with Gasteiger partial charge in [-0.15, -0.1) is 0 Å². The maximum Gasteiger partial charge on any atom is 0.278 e. The van der Waals surface area contributed by atoms with Crippen LogP contribution in [0.2, 0.25) is 0 Å². The molecular formula is C15H16N4O2. The van der Waals surface area contributed by atoms with Crippen LogP contribution in [0.4, 0.5) is 0 Å². The highest BCUT2D eigenvalue weighted by atomic mass is 16.5. The smallest absolute Gasteiger partial charge is 0.278 e. The van der Waals surface area contributed by atoms with Crippen molar-refractivity contribution < 1.29 is 9.26 Å².